The first-order chi connectivity index (χ1) is 19.7. The number of ether oxygens (including phenoxy) is 3. The quantitative estimate of drug-likeness (QED) is 0.291. The predicted molar refractivity (Wildman–Crippen MR) is 154 cm³/mol. The second kappa shape index (κ2) is 11.6. The zero-order valence-corrected chi connectivity index (χ0v) is 24.2. The number of hydrogen-bond acceptors (Lipinski definition) is 9. The molecule has 41 heavy (non-hydrogen) atoms. The van der Waals surface area contributed by atoms with Gasteiger partial charge in [0.15, 0.2) is 4.80 Å². The second-order valence-corrected chi connectivity index (χ2v) is 10.4. The monoisotopic (exact) mass is 592 g/mol. The maximum absolute atomic E-state index is 13.8. The number of halogens is 1. The Morgan fingerprint density at radius 1 is 1.10 bits per heavy atom. The largest absolute Gasteiger partial charge is 0.497 e. The lowest BCUT2D eigenvalue weighted by Crippen LogP contribution is -2.39. The topological polar surface area (TPSA) is 109 Å². The normalized spacial score (nSPS) is 14.9. The third kappa shape index (κ3) is 5.36. The first kappa shape index (κ1) is 28.1. The van der Waals surface area contributed by atoms with E-state index in [1.165, 1.54) is 23.0 Å². The lowest BCUT2D eigenvalue weighted by Gasteiger charge is -2.24. The molecule has 4 aromatic rings. The van der Waals surface area contributed by atoms with Crippen LogP contribution in [0.1, 0.15) is 41.6 Å². The van der Waals surface area contributed by atoms with Crippen LogP contribution in [0.3, 0.4) is 0 Å². The van der Waals surface area contributed by atoms with Crippen molar-refractivity contribution in [3.05, 3.63) is 107 Å². The molecule has 0 N–H and O–H groups in total. The molecule has 9 nitrogen and oxygen atoms in total. The first-order valence-electron chi connectivity index (χ1n) is 12.6. The van der Waals surface area contributed by atoms with Crippen LogP contribution < -0.4 is 19.6 Å². The number of esters is 2. The van der Waals surface area contributed by atoms with E-state index in [-0.39, 0.29) is 22.8 Å². The van der Waals surface area contributed by atoms with Crippen LogP contribution in [0.2, 0.25) is 5.02 Å². The van der Waals surface area contributed by atoms with E-state index in [0.717, 1.165) is 0 Å². The van der Waals surface area contributed by atoms with Crippen molar-refractivity contribution in [3.8, 4) is 17.1 Å². The minimum absolute atomic E-state index is 0.185. The van der Waals surface area contributed by atoms with E-state index < -0.39 is 18.0 Å². The zero-order valence-electron chi connectivity index (χ0n) is 22.6. The minimum atomic E-state index is -0.740. The number of furan rings is 1. The lowest BCUT2D eigenvalue weighted by molar-refractivity contribution is -0.139. The summed E-state index contributed by atoms with van der Waals surface area (Å²) in [5.41, 5.74) is 1.97. The number of fused-ring (bicyclic) bond motifs is 1. The molecular weight excluding hydrogens is 568 g/mol. The highest BCUT2D eigenvalue weighted by Gasteiger charge is 2.33. The van der Waals surface area contributed by atoms with Crippen molar-refractivity contribution in [1.29, 1.82) is 0 Å². The van der Waals surface area contributed by atoms with Crippen LogP contribution >= 0.6 is 22.9 Å². The summed E-state index contributed by atoms with van der Waals surface area (Å²) in [6.07, 6.45) is 1.62. The van der Waals surface area contributed by atoms with E-state index in [0.29, 0.717) is 49.0 Å². The van der Waals surface area contributed by atoms with Crippen LogP contribution in [-0.2, 0) is 14.3 Å². The fourth-order valence-electron chi connectivity index (χ4n) is 4.55. The number of allylic oxidation sites excluding steroid dienone is 1. The standard InChI is InChI=1S/C30H25ClN2O7S/c1-5-39-29(36)25-16(2)32-30-33(26(25)17-6-9-19(37-3)10-7-17)27(34)24(41-30)15-20-11-13-23(40-20)18-8-12-22(31)21(14-18)28(35)38-4/h6-15,26H,5H2,1-4H3/b24-15-/t26-/m1/s1. The van der Waals surface area contributed by atoms with Gasteiger partial charge in [0.25, 0.3) is 5.56 Å². The van der Waals surface area contributed by atoms with Crippen LogP contribution in [0.25, 0.3) is 17.4 Å². The maximum atomic E-state index is 13.8. The Balaban J connectivity index is 1.59. The number of benzene rings is 2. The molecule has 5 rings (SSSR count). The van der Waals surface area contributed by atoms with Crippen LogP contribution in [-0.4, -0.2) is 37.3 Å². The number of aromatic nitrogens is 1. The molecule has 0 fully saturated rings. The number of carbonyl (C=O) groups excluding carboxylic acids is 2. The van der Waals surface area contributed by atoms with Gasteiger partial charge in [0.1, 0.15) is 17.3 Å². The molecule has 0 radical (unpaired) electrons. The van der Waals surface area contributed by atoms with E-state index in [1.54, 1.807) is 69.5 Å². The van der Waals surface area contributed by atoms with E-state index in [4.69, 9.17) is 30.2 Å². The Bertz CT molecular complexity index is 1870. The van der Waals surface area contributed by atoms with E-state index in [1.807, 2.05) is 12.1 Å². The summed E-state index contributed by atoms with van der Waals surface area (Å²) in [7, 11) is 2.85. The molecule has 0 amide bonds. The molecule has 1 aliphatic heterocycles. The Morgan fingerprint density at radius 3 is 2.54 bits per heavy atom. The van der Waals surface area contributed by atoms with Crippen molar-refractivity contribution in [2.24, 2.45) is 4.99 Å². The maximum Gasteiger partial charge on any atom is 0.339 e. The predicted octanol–water partition coefficient (Wildman–Crippen LogP) is 4.51. The van der Waals surface area contributed by atoms with Crippen LogP contribution in [0.5, 0.6) is 5.75 Å². The number of carbonyl (C=O) groups is 2. The van der Waals surface area contributed by atoms with Gasteiger partial charge in [0.05, 0.1) is 53.3 Å². The minimum Gasteiger partial charge on any atom is -0.497 e. The molecule has 0 aliphatic carbocycles. The zero-order chi connectivity index (χ0) is 29.3. The van der Waals surface area contributed by atoms with Gasteiger partial charge in [0.2, 0.25) is 0 Å². The van der Waals surface area contributed by atoms with Crippen LogP contribution in [0.4, 0.5) is 0 Å². The number of rotatable bonds is 7. The molecule has 3 heterocycles. The number of nitrogens with zero attached hydrogens (tertiary/aromatic N) is 2. The Kier molecular flexibility index (Phi) is 7.96. The van der Waals surface area contributed by atoms with Crippen molar-refractivity contribution < 1.29 is 28.2 Å². The summed E-state index contributed by atoms with van der Waals surface area (Å²) in [5, 5.41) is 0.261. The molecule has 0 unspecified atom stereocenters. The third-order valence-electron chi connectivity index (χ3n) is 6.50. The molecule has 2 aromatic carbocycles. The van der Waals surface area contributed by atoms with Gasteiger partial charge < -0.3 is 18.6 Å². The number of hydrogen-bond donors (Lipinski definition) is 0. The summed E-state index contributed by atoms with van der Waals surface area (Å²) in [4.78, 5) is 43.9. The van der Waals surface area contributed by atoms with Crippen molar-refractivity contribution in [2.45, 2.75) is 19.9 Å². The van der Waals surface area contributed by atoms with Gasteiger partial charge in [-0.05, 0) is 61.9 Å². The molecule has 0 saturated heterocycles. The van der Waals surface area contributed by atoms with Gasteiger partial charge in [-0.15, -0.1) is 0 Å². The number of methoxy groups -OCH3 is 2. The Morgan fingerprint density at radius 2 is 1.85 bits per heavy atom. The van der Waals surface area contributed by atoms with Crippen molar-refractivity contribution in [1.82, 2.24) is 4.57 Å². The first-order valence-corrected chi connectivity index (χ1v) is 13.8. The molecule has 1 atom stereocenters. The Labute approximate surface area is 243 Å². The summed E-state index contributed by atoms with van der Waals surface area (Å²) < 4.78 is 23.3. The molecular formula is C30H25ClN2O7S. The van der Waals surface area contributed by atoms with Gasteiger partial charge in [0, 0.05) is 11.6 Å². The molecule has 0 bridgehead atoms. The highest BCUT2D eigenvalue weighted by molar-refractivity contribution is 7.07. The average Bonchev–Trinajstić information content (AvgIpc) is 3.56. The highest BCUT2D eigenvalue weighted by Crippen LogP contribution is 2.32. The third-order valence-corrected chi connectivity index (χ3v) is 7.82. The lowest BCUT2D eigenvalue weighted by atomic mass is 9.96. The molecule has 0 saturated carbocycles. The molecule has 0 spiro atoms. The summed E-state index contributed by atoms with van der Waals surface area (Å²) in [6.45, 7) is 3.64. The van der Waals surface area contributed by atoms with Gasteiger partial charge in [-0.3, -0.25) is 9.36 Å². The van der Waals surface area contributed by atoms with E-state index in [2.05, 4.69) is 4.99 Å². The summed E-state index contributed by atoms with van der Waals surface area (Å²) in [6, 6.07) is 14.8. The van der Waals surface area contributed by atoms with E-state index >= 15 is 0 Å². The number of thiazole rings is 1. The van der Waals surface area contributed by atoms with Gasteiger partial charge >= 0.3 is 11.9 Å². The second-order valence-electron chi connectivity index (χ2n) is 8.96. The van der Waals surface area contributed by atoms with Crippen LogP contribution in [0, 0.1) is 0 Å². The summed E-state index contributed by atoms with van der Waals surface area (Å²) >= 11 is 7.33. The van der Waals surface area contributed by atoms with Gasteiger partial charge in [-0.2, -0.15) is 0 Å². The summed E-state index contributed by atoms with van der Waals surface area (Å²) in [5.74, 6) is 0.444. The van der Waals surface area contributed by atoms with Crippen molar-refractivity contribution >= 4 is 41.0 Å². The SMILES string of the molecule is CCOC(=O)C1=C(C)N=c2s/c(=C\c3ccc(-c4ccc(Cl)c(C(=O)OC)c4)o3)c(=O)n2[C@@H]1c1ccc(OC)cc1. The molecule has 2 aromatic heterocycles. The van der Waals surface area contributed by atoms with Crippen LogP contribution in [0.15, 0.2) is 80.1 Å². The average molecular weight is 593 g/mol. The smallest absolute Gasteiger partial charge is 0.339 e. The van der Waals surface area contributed by atoms with Crippen molar-refractivity contribution in [3.63, 3.8) is 0 Å². The fourth-order valence-corrected chi connectivity index (χ4v) is 5.77. The molecule has 1 aliphatic rings. The Hall–Kier alpha value is -4.41. The molecule has 11 heteroatoms. The van der Waals surface area contributed by atoms with E-state index in [9.17, 15) is 14.4 Å². The molecule has 210 valence electrons. The highest BCUT2D eigenvalue weighted by atomic mass is 35.5. The van der Waals surface area contributed by atoms with Gasteiger partial charge in [-0.25, -0.2) is 14.6 Å². The van der Waals surface area contributed by atoms with Gasteiger partial charge in [-0.1, -0.05) is 35.1 Å². The van der Waals surface area contributed by atoms with Crippen molar-refractivity contribution in [2.75, 3.05) is 20.8 Å². The fraction of sp³-hybridized carbons (Fsp3) is 0.200.